The molecule has 152 valence electrons. The van der Waals surface area contributed by atoms with Gasteiger partial charge in [-0.05, 0) is 12.1 Å². The Balaban J connectivity index is 1.88. The molecule has 0 unspecified atom stereocenters. The molecule has 2 aromatic rings. The Labute approximate surface area is 163 Å². The lowest BCUT2D eigenvalue weighted by molar-refractivity contribution is -0.384. The van der Waals surface area contributed by atoms with Gasteiger partial charge >= 0.3 is 6.18 Å². The first-order valence-electron chi connectivity index (χ1n) is 8.38. The van der Waals surface area contributed by atoms with Crippen molar-refractivity contribution in [1.82, 2.24) is 10.3 Å². The smallest absolute Gasteiger partial charge is 0.379 e. The van der Waals surface area contributed by atoms with Crippen LogP contribution in [0.15, 0.2) is 23.6 Å². The van der Waals surface area contributed by atoms with Crippen molar-refractivity contribution in [2.45, 2.75) is 38.9 Å². The average molecular weight is 416 g/mol. The summed E-state index contributed by atoms with van der Waals surface area (Å²) in [4.78, 5) is 26.4. The van der Waals surface area contributed by atoms with Crippen LogP contribution in [0.3, 0.4) is 0 Å². The van der Waals surface area contributed by atoms with E-state index < -0.39 is 22.4 Å². The Morgan fingerprint density at radius 3 is 2.64 bits per heavy atom. The monoisotopic (exact) mass is 416 g/mol. The first kappa shape index (κ1) is 21.6. The lowest BCUT2D eigenvalue weighted by atomic mass is 10.1. The molecule has 1 heterocycles. The van der Waals surface area contributed by atoms with Crippen LogP contribution in [-0.4, -0.2) is 22.4 Å². The Bertz CT molecular complexity index is 852. The van der Waals surface area contributed by atoms with Crippen LogP contribution in [0.2, 0.25) is 0 Å². The van der Waals surface area contributed by atoms with Crippen LogP contribution in [0.4, 0.5) is 24.5 Å². The van der Waals surface area contributed by atoms with Crippen molar-refractivity contribution in [3.05, 3.63) is 50.0 Å². The van der Waals surface area contributed by atoms with Gasteiger partial charge in [0.25, 0.3) is 5.69 Å². The van der Waals surface area contributed by atoms with Gasteiger partial charge in [0.05, 0.1) is 27.7 Å². The van der Waals surface area contributed by atoms with Crippen LogP contribution in [0.1, 0.15) is 42.5 Å². The number of hydrogen-bond acceptors (Lipinski definition) is 6. The summed E-state index contributed by atoms with van der Waals surface area (Å²) in [7, 11) is 0. The standard InChI is InChI=1S/C17H19F3N4O3S/c1-10(2)16-23-12(9-28-16)8-22-15(25)5-6-21-13-4-3-11(17(18,19)20)7-14(13)24(26)27/h3-4,7,9-10,21H,5-6,8H2,1-2H3,(H,22,25). The number of nitro groups is 1. The van der Waals surface area contributed by atoms with Crippen LogP contribution in [0.5, 0.6) is 0 Å². The van der Waals surface area contributed by atoms with Crippen LogP contribution >= 0.6 is 11.3 Å². The molecule has 2 rings (SSSR count). The molecule has 1 aromatic heterocycles. The van der Waals surface area contributed by atoms with E-state index in [0.29, 0.717) is 12.0 Å². The predicted molar refractivity (Wildman–Crippen MR) is 99.3 cm³/mol. The molecule has 7 nitrogen and oxygen atoms in total. The fourth-order valence-corrected chi connectivity index (χ4v) is 3.10. The van der Waals surface area contributed by atoms with Crippen LogP contribution in [-0.2, 0) is 17.5 Å². The zero-order valence-corrected chi connectivity index (χ0v) is 16.0. The van der Waals surface area contributed by atoms with E-state index in [2.05, 4.69) is 15.6 Å². The normalized spacial score (nSPS) is 11.5. The summed E-state index contributed by atoms with van der Waals surface area (Å²) < 4.78 is 38.1. The Hall–Kier alpha value is -2.69. The van der Waals surface area contributed by atoms with E-state index in [1.807, 2.05) is 19.2 Å². The molecule has 2 N–H and O–H groups in total. The largest absolute Gasteiger partial charge is 0.416 e. The fraction of sp³-hybridized carbons (Fsp3) is 0.412. The summed E-state index contributed by atoms with van der Waals surface area (Å²) >= 11 is 1.51. The Morgan fingerprint density at radius 2 is 2.07 bits per heavy atom. The van der Waals surface area contributed by atoms with E-state index in [1.165, 1.54) is 11.3 Å². The van der Waals surface area contributed by atoms with Crippen molar-refractivity contribution in [2.24, 2.45) is 0 Å². The molecule has 1 amide bonds. The third kappa shape index (κ3) is 5.91. The van der Waals surface area contributed by atoms with Crippen LogP contribution in [0.25, 0.3) is 0 Å². The summed E-state index contributed by atoms with van der Waals surface area (Å²) in [5.41, 5.74) is -1.13. The number of nitro benzene ring substituents is 1. The first-order valence-corrected chi connectivity index (χ1v) is 9.26. The minimum absolute atomic E-state index is 0.000643. The van der Waals surface area contributed by atoms with Crippen LogP contribution < -0.4 is 10.6 Å². The van der Waals surface area contributed by atoms with Crippen molar-refractivity contribution in [3.8, 4) is 0 Å². The quantitative estimate of drug-likeness (QED) is 0.494. The fourth-order valence-electron chi connectivity index (χ4n) is 2.27. The number of rotatable bonds is 8. The Morgan fingerprint density at radius 1 is 1.36 bits per heavy atom. The summed E-state index contributed by atoms with van der Waals surface area (Å²) in [5.74, 6) is -0.000613. The lowest BCUT2D eigenvalue weighted by Crippen LogP contribution is -2.25. The highest BCUT2D eigenvalue weighted by Gasteiger charge is 2.33. The maximum atomic E-state index is 12.7. The van der Waals surface area contributed by atoms with Gasteiger partial charge in [-0.3, -0.25) is 14.9 Å². The molecule has 0 aliphatic heterocycles. The number of anilines is 1. The second-order valence-corrected chi connectivity index (χ2v) is 7.16. The van der Waals surface area contributed by atoms with Gasteiger partial charge in [-0.25, -0.2) is 4.98 Å². The van der Waals surface area contributed by atoms with E-state index in [9.17, 15) is 28.1 Å². The molecule has 0 saturated heterocycles. The number of aromatic nitrogens is 1. The molecular weight excluding hydrogens is 397 g/mol. The highest BCUT2D eigenvalue weighted by Crippen LogP contribution is 2.34. The number of nitrogens with one attached hydrogen (secondary N) is 2. The third-order valence-corrected chi connectivity index (χ3v) is 4.91. The van der Waals surface area contributed by atoms with Crippen molar-refractivity contribution >= 4 is 28.6 Å². The summed E-state index contributed by atoms with van der Waals surface area (Å²) in [5, 5.41) is 19.2. The van der Waals surface area contributed by atoms with Crippen molar-refractivity contribution in [3.63, 3.8) is 0 Å². The molecule has 0 aliphatic rings. The molecule has 0 aliphatic carbocycles. The second-order valence-electron chi connectivity index (χ2n) is 6.27. The number of thiazole rings is 1. The van der Waals surface area contributed by atoms with Crippen LogP contribution in [0, 0.1) is 10.1 Å². The molecule has 0 saturated carbocycles. The SMILES string of the molecule is CC(C)c1nc(CNC(=O)CCNc2ccc(C(F)(F)F)cc2[N+](=O)[O-])cs1. The third-order valence-electron chi connectivity index (χ3n) is 3.72. The average Bonchev–Trinajstić information content (AvgIpc) is 3.08. The summed E-state index contributed by atoms with van der Waals surface area (Å²) in [6.07, 6.45) is -4.67. The maximum Gasteiger partial charge on any atom is 0.416 e. The number of carbonyl (C=O) groups is 1. The van der Waals surface area contributed by atoms with E-state index in [0.717, 1.165) is 22.8 Å². The van der Waals surface area contributed by atoms with Gasteiger partial charge in [-0.2, -0.15) is 13.2 Å². The number of hydrogen-bond donors (Lipinski definition) is 2. The summed E-state index contributed by atoms with van der Waals surface area (Å²) in [6, 6.07) is 2.21. The molecule has 0 spiro atoms. The van der Waals surface area contributed by atoms with Gasteiger partial charge in [0.1, 0.15) is 5.69 Å². The van der Waals surface area contributed by atoms with Crippen molar-refractivity contribution < 1.29 is 22.9 Å². The first-order chi connectivity index (χ1) is 13.1. The number of benzene rings is 1. The lowest BCUT2D eigenvalue weighted by Gasteiger charge is -2.10. The van der Waals surface area contributed by atoms with Gasteiger partial charge in [-0.1, -0.05) is 13.8 Å². The van der Waals surface area contributed by atoms with E-state index >= 15 is 0 Å². The van der Waals surface area contributed by atoms with Crippen molar-refractivity contribution in [1.29, 1.82) is 0 Å². The van der Waals surface area contributed by atoms with Gasteiger partial charge in [0.15, 0.2) is 0 Å². The zero-order valence-electron chi connectivity index (χ0n) is 15.2. The zero-order chi connectivity index (χ0) is 20.9. The molecule has 0 bridgehead atoms. The molecule has 11 heteroatoms. The summed E-state index contributed by atoms with van der Waals surface area (Å²) in [6.45, 7) is 4.34. The molecular formula is C17H19F3N4O3S. The molecule has 0 fully saturated rings. The molecule has 0 radical (unpaired) electrons. The van der Waals surface area contributed by atoms with Gasteiger partial charge < -0.3 is 10.6 Å². The minimum Gasteiger partial charge on any atom is -0.379 e. The van der Waals surface area contributed by atoms with Gasteiger partial charge in [-0.15, -0.1) is 11.3 Å². The highest BCUT2D eigenvalue weighted by atomic mass is 32.1. The molecule has 28 heavy (non-hydrogen) atoms. The highest BCUT2D eigenvalue weighted by molar-refractivity contribution is 7.09. The molecule has 1 aromatic carbocycles. The van der Waals surface area contributed by atoms with E-state index in [-0.39, 0.29) is 31.1 Å². The van der Waals surface area contributed by atoms with Gasteiger partial charge in [0.2, 0.25) is 5.91 Å². The number of alkyl halides is 3. The maximum absolute atomic E-state index is 12.7. The number of amides is 1. The van der Waals surface area contributed by atoms with E-state index in [4.69, 9.17) is 0 Å². The topological polar surface area (TPSA) is 97.2 Å². The minimum atomic E-state index is -4.67. The van der Waals surface area contributed by atoms with Gasteiger partial charge in [0, 0.05) is 30.3 Å². The van der Waals surface area contributed by atoms with Crippen molar-refractivity contribution in [2.75, 3.05) is 11.9 Å². The predicted octanol–water partition coefficient (Wildman–Crippen LogP) is 4.31. The number of nitrogens with zero attached hydrogens (tertiary/aromatic N) is 2. The number of halogens is 3. The second kappa shape index (κ2) is 9.00. The molecule has 0 atom stereocenters. The number of carbonyl (C=O) groups excluding carboxylic acids is 1. The Kier molecular flexibility index (Phi) is 6.95. The van der Waals surface area contributed by atoms with E-state index in [1.54, 1.807) is 0 Å².